The van der Waals surface area contributed by atoms with Crippen LogP contribution in [0.15, 0.2) is 16.5 Å². The lowest BCUT2D eigenvalue weighted by Gasteiger charge is -2.29. The third kappa shape index (κ3) is 3.83. The van der Waals surface area contributed by atoms with Crippen molar-refractivity contribution in [1.82, 2.24) is 10.2 Å². The van der Waals surface area contributed by atoms with Crippen molar-refractivity contribution in [3.8, 4) is 0 Å². The molecule has 0 bridgehead atoms. The number of likely N-dealkylation sites (tertiary alicyclic amines) is 1. The van der Waals surface area contributed by atoms with E-state index in [1.165, 1.54) is 0 Å². The Kier molecular flexibility index (Phi) is 4.64. The minimum absolute atomic E-state index is 0.158. The minimum Gasteiger partial charge on any atom is -0.463 e. The van der Waals surface area contributed by atoms with Gasteiger partial charge in [0.05, 0.1) is 13.1 Å². The van der Waals surface area contributed by atoms with Gasteiger partial charge in [-0.05, 0) is 25.0 Å². The first-order valence-corrected chi connectivity index (χ1v) is 7.16. The number of hydrogen-bond acceptors (Lipinski definition) is 3. The van der Waals surface area contributed by atoms with Crippen molar-refractivity contribution in [1.29, 1.82) is 0 Å². The Morgan fingerprint density at radius 1 is 1.42 bits per heavy atom. The van der Waals surface area contributed by atoms with Gasteiger partial charge >= 0.3 is 0 Å². The maximum atomic E-state index is 12.0. The number of furan rings is 1. The van der Waals surface area contributed by atoms with Gasteiger partial charge in [-0.25, -0.2) is 0 Å². The van der Waals surface area contributed by atoms with Crippen molar-refractivity contribution < 1.29 is 9.21 Å². The summed E-state index contributed by atoms with van der Waals surface area (Å²) >= 11 is 0. The molecule has 1 N–H and O–H groups in total. The van der Waals surface area contributed by atoms with E-state index < -0.39 is 0 Å². The van der Waals surface area contributed by atoms with Crippen LogP contribution in [-0.4, -0.2) is 23.4 Å². The van der Waals surface area contributed by atoms with Crippen molar-refractivity contribution in [2.45, 2.75) is 52.7 Å². The zero-order valence-corrected chi connectivity index (χ0v) is 12.1. The first kappa shape index (κ1) is 14.1. The fourth-order valence-corrected chi connectivity index (χ4v) is 2.39. The Morgan fingerprint density at radius 2 is 2.16 bits per heavy atom. The highest BCUT2D eigenvalue weighted by Crippen LogP contribution is 2.20. The van der Waals surface area contributed by atoms with Crippen molar-refractivity contribution in [2.24, 2.45) is 5.92 Å². The topological polar surface area (TPSA) is 45.5 Å². The van der Waals surface area contributed by atoms with Crippen molar-refractivity contribution in [2.75, 3.05) is 6.54 Å². The zero-order valence-electron chi connectivity index (χ0n) is 12.1. The predicted molar refractivity (Wildman–Crippen MR) is 74.5 cm³/mol. The number of carbonyl (C=O) groups excluding carboxylic acids is 1. The molecule has 0 spiro atoms. The van der Waals surface area contributed by atoms with Gasteiger partial charge in [0.25, 0.3) is 0 Å². The van der Waals surface area contributed by atoms with Crippen LogP contribution < -0.4 is 5.32 Å². The van der Waals surface area contributed by atoms with E-state index in [-0.39, 0.29) is 11.8 Å². The number of rotatable bonds is 5. The SMILES string of the molecule is CC(C)NCc1ccc(CN2CCCC(C)C2=O)o1. The molecule has 1 aromatic heterocycles. The zero-order chi connectivity index (χ0) is 13.8. The monoisotopic (exact) mass is 264 g/mol. The summed E-state index contributed by atoms with van der Waals surface area (Å²) in [5, 5.41) is 3.32. The first-order chi connectivity index (χ1) is 9.06. The van der Waals surface area contributed by atoms with E-state index in [9.17, 15) is 4.79 Å². The minimum atomic E-state index is 0.158. The number of amides is 1. The van der Waals surface area contributed by atoms with Gasteiger partial charge in [0, 0.05) is 18.5 Å². The molecule has 4 heteroatoms. The Bertz CT molecular complexity index is 426. The number of nitrogens with zero attached hydrogens (tertiary/aromatic N) is 1. The molecule has 0 radical (unpaired) electrons. The van der Waals surface area contributed by atoms with Crippen molar-refractivity contribution in [3.05, 3.63) is 23.7 Å². The highest BCUT2D eigenvalue weighted by Gasteiger charge is 2.25. The summed E-state index contributed by atoms with van der Waals surface area (Å²) in [5.41, 5.74) is 0. The molecule has 0 saturated carbocycles. The van der Waals surface area contributed by atoms with Crippen LogP contribution in [0.4, 0.5) is 0 Å². The summed E-state index contributed by atoms with van der Waals surface area (Å²) in [4.78, 5) is 13.9. The molecule has 1 aromatic rings. The van der Waals surface area contributed by atoms with Crippen molar-refractivity contribution >= 4 is 5.91 Å². The maximum Gasteiger partial charge on any atom is 0.225 e. The highest BCUT2D eigenvalue weighted by molar-refractivity contribution is 5.79. The molecule has 1 amide bonds. The fourth-order valence-electron chi connectivity index (χ4n) is 2.39. The molecular formula is C15H24N2O2. The van der Waals surface area contributed by atoms with Crippen LogP contribution in [0.3, 0.4) is 0 Å². The highest BCUT2D eigenvalue weighted by atomic mass is 16.3. The Balaban J connectivity index is 1.90. The summed E-state index contributed by atoms with van der Waals surface area (Å²) in [5.74, 6) is 2.22. The predicted octanol–water partition coefficient (Wildman–Crippen LogP) is 2.54. The van der Waals surface area contributed by atoms with Gasteiger partial charge < -0.3 is 14.6 Å². The second-order valence-electron chi connectivity index (χ2n) is 5.71. The van der Waals surface area contributed by atoms with E-state index in [1.54, 1.807) is 0 Å². The normalized spacial score (nSPS) is 20.3. The Hall–Kier alpha value is -1.29. The molecule has 2 heterocycles. The van der Waals surface area contributed by atoms with Crippen LogP contribution >= 0.6 is 0 Å². The molecule has 0 aromatic carbocycles. The summed E-state index contributed by atoms with van der Waals surface area (Å²) in [6.07, 6.45) is 2.10. The third-order valence-electron chi connectivity index (χ3n) is 3.55. The van der Waals surface area contributed by atoms with Gasteiger partial charge in [-0.3, -0.25) is 4.79 Å². The fraction of sp³-hybridized carbons (Fsp3) is 0.667. The lowest BCUT2D eigenvalue weighted by atomic mass is 9.99. The van der Waals surface area contributed by atoms with Gasteiger partial charge in [-0.1, -0.05) is 20.8 Å². The average molecular weight is 264 g/mol. The second-order valence-corrected chi connectivity index (χ2v) is 5.71. The largest absolute Gasteiger partial charge is 0.463 e. The molecule has 0 aliphatic carbocycles. The maximum absolute atomic E-state index is 12.0. The van der Waals surface area contributed by atoms with Crippen LogP contribution in [0.1, 0.15) is 45.1 Å². The van der Waals surface area contributed by atoms with E-state index in [0.29, 0.717) is 12.6 Å². The summed E-state index contributed by atoms with van der Waals surface area (Å²) in [6, 6.07) is 4.41. The van der Waals surface area contributed by atoms with E-state index >= 15 is 0 Å². The third-order valence-corrected chi connectivity index (χ3v) is 3.55. The van der Waals surface area contributed by atoms with Gasteiger partial charge in [0.15, 0.2) is 0 Å². The molecule has 1 aliphatic heterocycles. The Labute approximate surface area is 115 Å². The molecule has 4 nitrogen and oxygen atoms in total. The lowest BCUT2D eigenvalue weighted by molar-refractivity contribution is -0.138. The quantitative estimate of drug-likeness (QED) is 0.889. The first-order valence-electron chi connectivity index (χ1n) is 7.16. The van der Waals surface area contributed by atoms with Crippen LogP contribution in [0.25, 0.3) is 0 Å². The molecule has 1 aliphatic rings. The number of piperidine rings is 1. The number of nitrogens with one attached hydrogen (secondary N) is 1. The van der Waals surface area contributed by atoms with Crippen LogP contribution in [0, 0.1) is 5.92 Å². The van der Waals surface area contributed by atoms with E-state index in [1.807, 2.05) is 24.0 Å². The molecule has 1 fully saturated rings. The molecule has 2 rings (SSSR count). The smallest absolute Gasteiger partial charge is 0.225 e. The number of hydrogen-bond donors (Lipinski definition) is 1. The van der Waals surface area contributed by atoms with E-state index in [4.69, 9.17) is 4.42 Å². The molecule has 19 heavy (non-hydrogen) atoms. The molecule has 1 unspecified atom stereocenters. The van der Waals surface area contributed by atoms with Crippen molar-refractivity contribution in [3.63, 3.8) is 0 Å². The summed E-state index contributed by atoms with van der Waals surface area (Å²) in [7, 11) is 0. The van der Waals surface area contributed by atoms with Crippen LogP contribution in [0.5, 0.6) is 0 Å². The molecule has 1 atom stereocenters. The lowest BCUT2D eigenvalue weighted by Crippen LogP contribution is -2.39. The van der Waals surface area contributed by atoms with Crippen LogP contribution in [-0.2, 0) is 17.9 Å². The summed E-state index contributed by atoms with van der Waals surface area (Å²) < 4.78 is 5.76. The molecule has 106 valence electrons. The van der Waals surface area contributed by atoms with E-state index in [0.717, 1.165) is 37.5 Å². The standard InChI is InChI=1S/C15H24N2O2/c1-11(2)16-9-13-6-7-14(19-13)10-17-8-4-5-12(3)15(17)18/h6-7,11-12,16H,4-5,8-10H2,1-3H3. The summed E-state index contributed by atoms with van der Waals surface area (Å²) in [6.45, 7) is 8.42. The molecule has 1 saturated heterocycles. The van der Waals surface area contributed by atoms with Gasteiger partial charge in [-0.15, -0.1) is 0 Å². The Morgan fingerprint density at radius 3 is 2.89 bits per heavy atom. The average Bonchev–Trinajstić information content (AvgIpc) is 2.80. The van der Waals surface area contributed by atoms with Gasteiger partial charge in [0.2, 0.25) is 5.91 Å². The van der Waals surface area contributed by atoms with E-state index in [2.05, 4.69) is 19.2 Å². The number of carbonyl (C=O) groups is 1. The van der Waals surface area contributed by atoms with Crippen LogP contribution in [0.2, 0.25) is 0 Å². The second kappa shape index (κ2) is 6.24. The van der Waals surface area contributed by atoms with Gasteiger partial charge in [0.1, 0.15) is 11.5 Å². The van der Waals surface area contributed by atoms with Gasteiger partial charge in [-0.2, -0.15) is 0 Å². The molecular weight excluding hydrogens is 240 g/mol.